The minimum absolute atomic E-state index is 0.0128. The number of hydrogen-bond donors (Lipinski definition) is 1. The van der Waals surface area contributed by atoms with Crippen LogP contribution in [-0.2, 0) is 4.79 Å². The van der Waals surface area contributed by atoms with Gasteiger partial charge in [-0.2, -0.15) is 0 Å². The van der Waals surface area contributed by atoms with E-state index in [4.69, 9.17) is 10.5 Å². The number of carbonyl (C=O) groups excluding carboxylic acids is 1. The minimum Gasteiger partial charge on any atom is -0.487 e. The highest BCUT2D eigenvalue weighted by Crippen LogP contribution is 2.33. The third kappa shape index (κ3) is 2.26. The van der Waals surface area contributed by atoms with Crippen molar-refractivity contribution in [3.05, 3.63) is 24.3 Å². The molecule has 0 saturated heterocycles. The third-order valence-electron chi connectivity index (χ3n) is 2.97. The van der Waals surface area contributed by atoms with E-state index < -0.39 is 0 Å². The van der Waals surface area contributed by atoms with Gasteiger partial charge in [0, 0.05) is 12.5 Å². The lowest BCUT2D eigenvalue weighted by molar-refractivity contribution is -0.122. The van der Waals surface area contributed by atoms with Gasteiger partial charge in [-0.15, -0.1) is 0 Å². The largest absolute Gasteiger partial charge is 0.487 e. The number of ether oxygens (including phenoxy) is 1. The summed E-state index contributed by atoms with van der Waals surface area (Å²) in [7, 11) is 0. The molecule has 2 unspecified atom stereocenters. The van der Waals surface area contributed by atoms with E-state index in [1.165, 1.54) is 0 Å². The first-order chi connectivity index (χ1) is 8.13. The molecule has 1 aliphatic heterocycles. The summed E-state index contributed by atoms with van der Waals surface area (Å²) in [6.07, 6.45) is 0.0128. The Balaban J connectivity index is 2.32. The second kappa shape index (κ2) is 4.75. The number of amides is 1. The molecule has 0 aromatic heterocycles. The number of fused-ring (bicyclic) bond motifs is 1. The molecular weight excluding hydrogens is 216 g/mol. The molecule has 4 nitrogen and oxygen atoms in total. The molecule has 1 amide bonds. The van der Waals surface area contributed by atoms with Crippen LogP contribution in [0.25, 0.3) is 0 Å². The lowest BCUT2D eigenvalue weighted by atomic mass is 10.1. The van der Waals surface area contributed by atoms with Gasteiger partial charge < -0.3 is 15.4 Å². The quantitative estimate of drug-likeness (QED) is 0.841. The first-order valence-corrected chi connectivity index (χ1v) is 5.90. The number of benzene rings is 1. The van der Waals surface area contributed by atoms with E-state index in [9.17, 15) is 4.79 Å². The number of anilines is 1. The summed E-state index contributed by atoms with van der Waals surface area (Å²) in [5.41, 5.74) is 6.40. The highest BCUT2D eigenvalue weighted by atomic mass is 16.5. The van der Waals surface area contributed by atoms with Crippen molar-refractivity contribution in [1.29, 1.82) is 0 Å². The molecule has 4 heteroatoms. The number of nitrogens with two attached hydrogens (primary N) is 1. The van der Waals surface area contributed by atoms with Crippen LogP contribution >= 0.6 is 0 Å². The normalized spacial score (nSPS) is 20.4. The summed E-state index contributed by atoms with van der Waals surface area (Å²) in [4.78, 5) is 14.0. The van der Waals surface area contributed by atoms with E-state index in [0.717, 1.165) is 11.4 Å². The van der Waals surface area contributed by atoms with Gasteiger partial charge in [-0.25, -0.2) is 0 Å². The van der Waals surface area contributed by atoms with E-state index in [1.54, 1.807) is 4.90 Å². The Hall–Kier alpha value is -1.55. The molecule has 0 aliphatic carbocycles. The van der Waals surface area contributed by atoms with Crippen molar-refractivity contribution in [3.8, 4) is 5.75 Å². The Morgan fingerprint density at radius 3 is 3.00 bits per heavy atom. The van der Waals surface area contributed by atoms with E-state index in [-0.39, 0.29) is 17.9 Å². The molecule has 0 spiro atoms. The molecule has 0 radical (unpaired) electrons. The van der Waals surface area contributed by atoms with E-state index in [1.807, 2.05) is 38.1 Å². The van der Waals surface area contributed by atoms with Gasteiger partial charge in [0.05, 0.1) is 12.2 Å². The predicted octanol–water partition coefficient (Wildman–Crippen LogP) is 1.40. The molecule has 1 aromatic rings. The number of carbonyl (C=O) groups is 1. The first kappa shape index (κ1) is 11.9. The molecule has 2 atom stereocenters. The van der Waals surface area contributed by atoms with Gasteiger partial charge in [-0.1, -0.05) is 19.1 Å². The van der Waals surface area contributed by atoms with Crippen LogP contribution < -0.4 is 15.4 Å². The maximum atomic E-state index is 12.2. The predicted molar refractivity (Wildman–Crippen MR) is 67.1 cm³/mol. The zero-order valence-electron chi connectivity index (χ0n) is 10.2. The molecule has 2 rings (SSSR count). The molecule has 0 saturated carbocycles. The van der Waals surface area contributed by atoms with Crippen LogP contribution in [-0.4, -0.2) is 25.1 Å². The van der Waals surface area contributed by atoms with Crippen LogP contribution in [0.3, 0.4) is 0 Å². The Morgan fingerprint density at radius 1 is 1.59 bits per heavy atom. The molecule has 0 fully saturated rings. The maximum Gasteiger partial charge on any atom is 0.231 e. The Kier molecular flexibility index (Phi) is 3.33. The molecule has 92 valence electrons. The molecule has 0 bridgehead atoms. The van der Waals surface area contributed by atoms with Crippen molar-refractivity contribution < 1.29 is 9.53 Å². The third-order valence-corrected chi connectivity index (χ3v) is 2.97. The summed E-state index contributed by atoms with van der Waals surface area (Å²) in [6, 6.07) is 7.61. The van der Waals surface area contributed by atoms with E-state index in [2.05, 4.69) is 0 Å². The number of hydrogen-bond acceptors (Lipinski definition) is 3. The molecule has 17 heavy (non-hydrogen) atoms. The number of para-hydroxylation sites is 2. The average molecular weight is 234 g/mol. The Bertz CT molecular complexity index is 420. The molecule has 2 N–H and O–H groups in total. The number of rotatable bonds is 2. The number of nitrogens with zero attached hydrogens (tertiary/aromatic N) is 1. The van der Waals surface area contributed by atoms with Crippen LogP contribution in [0.15, 0.2) is 24.3 Å². The minimum atomic E-state index is -0.159. The van der Waals surface area contributed by atoms with Gasteiger partial charge in [-0.3, -0.25) is 4.79 Å². The van der Waals surface area contributed by atoms with Crippen LogP contribution in [0.2, 0.25) is 0 Å². The Labute approximate surface area is 101 Å². The molecule has 1 aromatic carbocycles. The van der Waals surface area contributed by atoms with Crippen molar-refractivity contribution >= 4 is 11.6 Å². The fourth-order valence-corrected chi connectivity index (χ4v) is 1.96. The van der Waals surface area contributed by atoms with E-state index >= 15 is 0 Å². The summed E-state index contributed by atoms with van der Waals surface area (Å²) in [5, 5.41) is 0. The van der Waals surface area contributed by atoms with Gasteiger partial charge >= 0.3 is 0 Å². The zero-order valence-corrected chi connectivity index (χ0v) is 10.2. The Morgan fingerprint density at radius 2 is 2.29 bits per heavy atom. The highest BCUT2D eigenvalue weighted by molar-refractivity contribution is 5.96. The highest BCUT2D eigenvalue weighted by Gasteiger charge is 2.29. The second-order valence-electron chi connectivity index (χ2n) is 4.48. The van der Waals surface area contributed by atoms with Gasteiger partial charge in [0.1, 0.15) is 11.9 Å². The van der Waals surface area contributed by atoms with Gasteiger partial charge in [0.2, 0.25) is 5.91 Å². The van der Waals surface area contributed by atoms with Gasteiger partial charge in [0.15, 0.2) is 0 Å². The lowest BCUT2D eigenvalue weighted by Crippen LogP contribution is -2.45. The van der Waals surface area contributed by atoms with Crippen molar-refractivity contribution in [2.45, 2.75) is 20.0 Å². The topological polar surface area (TPSA) is 55.6 Å². The van der Waals surface area contributed by atoms with Crippen molar-refractivity contribution in [1.82, 2.24) is 0 Å². The van der Waals surface area contributed by atoms with Crippen molar-refractivity contribution in [2.24, 2.45) is 11.7 Å². The monoisotopic (exact) mass is 234 g/mol. The second-order valence-corrected chi connectivity index (χ2v) is 4.48. The fraction of sp³-hybridized carbons (Fsp3) is 0.462. The van der Waals surface area contributed by atoms with Crippen LogP contribution in [0, 0.1) is 5.92 Å². The average Bonchev–Trinajstić information content (AvgIpc) is 2.35. The van der Waals surface area contributed by atoms with Gasteiger partial charge in [-0.05, 0) is 19.1 Å². The SMILES string of the molecule is CC1CN(C(=O)C(C)CN)c2ccccc2O1. The first-order valence-electron chi connectivity index (χ1n) is 5.90. The smallest absolute Gasteiger partial charge is 0.231 e. The van der Waals surface area contributed by atoms with Crippen molar-refractivity contribution in [2.75, 3.05) is 18.0 Å². The molecule has 1 heterocycles. The summed E-state index contributed by atoms with van der Waals surface area (Å²) >= 11 is 0. The zero-order chi connectivity index (χ0) is 12.4. The van der Waals surface area contributed by atoms with Crippen LogP contribution in [0.4, 0.5) is 5.69 Å². The fourth-order valence-electron chi connectivity index (χ4n) is 1.96. The van der Waals surface area contributed by atoms with Crippen molar-refractivity contribution in [3.63, 3.8) is 0 Å². The summed E-state index contributed by atoms with van der Waals surface area (Å²) in [6.45, 7) is 4.77. The standard InChI is InChI=1S/C13H18N2O2/c1-9(7-14)13(16)15-8-10(2)17-12-6-4-3-5-11(12)15/h3-6,9-10H,7-8,14H2,1-2H3. The van der Waals surface area contributed by atoms with Gasteiger partial charge in [0.25, 0.3) is 0 Å². The van der Waals surface area contributed by atoms with Crippen LogP contribution in [0.1, 0.15) is 13.8 Å². The summed E-state index contributed by atoms with van der Waals surface area (Å²) in [5.74, 6) is 0.673. The maximum absolute atomic E-state index is 12.2. The summed E-state index contributed by atoms with van der Waals surface area (Å²) < 4.78 is 5.70. The van der Waals surface area contributed by atoms with Crippen LogP contribution in [0.5, 0.6) is 5.75 Å². The lowest BCUT2D eigenvalue weighted by Gasteiger charge is -2.34. The van der Waals surface area contributed by atoms with E-state index in [0.29, 0.717) is 13.1 Å². The molecular formula is C13H18N2O2. The molecule has 1 aliphatic rings.